The van der Waals surface area contributed by atoms with Crippen LogP contribution in [0.4, 0.5) is 5.69 Å². The second-order valence-electron chi connectivity index (χ2n) is 4.05. The Balaban J connectivity index is 2.31. The summed E-state index contributed by atoms with van der Waals surface area (Å²) >= 11 is 3.25. The number of sulfonamides is 1. The van der Waals surface area contributed by atoms with Gasteiger partial charge in [0, 0.05) is 29.9 Å². The lowest BCUT2D eigenvalue weighted by molar-refractivity contribution is 0.148. The van der Waals surface area contributed by atoms with E-state index in [4.69, 9.17) is 10.5 Å². The first-order valence-electron chi connectivity index (χ1n) is 5.65. The quantitative estimate of drug-likeness (QED) is 0.830. The molecule has 1 aromatic rings. The molecule has 1 saturated heterocycles. The van der Waals surface area contributed by atoms with Gasteiger partial charge in [0.05, 0.1) is 11.5 Å². The van der Waals surface area contributed by atoms with Gasteiger partial charge in [0.15, 0.2) is 0 Å². The standard InChI is InChI=1S/C11H15BrN2O3S/c12-10-8-9(2-3-11(10)13)18(15,16)14-4-1-6-17-7-5-14/h2-3,8H,1,4-7,13H2. The Labute approximate surface area is 115 Å². The van der Waals surface area contributed by atoms with Crippen LogP contribution < -0.4 is 5.73 Å². The van der Waals surface area contributed by atoms with Crippen LogP contribution in [-0.4, -0.2) is 39.0 Å². The Morgan fingerprint density at radius 1 is 1.28 bits per heavy atom. The minimum atomic E-state index is -3.46. The highest BCUT2D eigenvalue weighted by Crippen LogP contribution is 2.25. The van der Waals surface area contributed by atoms with E-state index in [1.165, 1.54) is 16.4 Å². The topological polar surface area (TPSA) is 72.6 Å². The van der Waals surface area contributed by atoms with E-state index < -0.39 is 10.0 Å². The molecule has 2 rings (SSSR count). The second kappa shape index (κ2) is 5.56. The van der Waals surface area contributed by atoms with Gasteiger partial charge in [0.2, 0.25) is 10.0 Å². The van der Waals surface area contributed by atoms with Crippen LogP contribution in [0.1, 0.15) is 6.42 Å². The maximum atomic E-state index is 12.4. The molecule has 0 atom stereocenters. The number of halogens is 1. The van der Waals surface area contributed by atoms with E-state index in [1.54, 1.807) is 6.07 Å². The van der Waals surface area contributed by atoms with E-state index >= 15 is 0 Å². The van der Waals surface area contributed by atoms with Crippen LogP contribution in [0.5, 0.6) is 0 Å². The molecule has 0 aromatic heterocycles. The van der Waals surface area contributed by atoms with E-state index in [0.717, 1.165) is 6.42 Å². The van der Waals surface area contributed by atoms with Gasteiger partial charge >= 0.3 is 0 Å². The van der Waals surface area contributed by atoms with Crippen LogP contribution in [0.25, 0.3) is 0 Å². The van der Waals surface area contributed by atoms with Crippen molar-refractivity contribution in [3.63, 3.8) is 0 Å². The number of hydrogen-bond acceptors (Lipinski definition) is 4. The first-order valence-corrected chi connectivity index (χ1v) is 7.88. The number of ether oxygens (including phenoxy) is 1. The predicted octanol–water partition coefficient (Wildman–Crippen LogP) is 1.44. The van der Waals surface area contributed by atoms with Crippen molar-refractivity contribution in [2.75, 3.05) is 32.0 Å². The van der Waals surface area contributed by atoms with Gasteiger partial charge in [-0.25, -0.2) is 8.42 Å². The molecule has 100 valence electrons. The second-order valence-corrected chi connectivity index (χ2v) is 6.85. The number of nitrogens with zero attached hydrogens (tertiary/aromatic N) is 1. The van der Waals surface area contributed by atoms with Crippen molar-refractivity contribution in [3.05, 3.63) is 22.7 Å². The zero-order chi connectivity index (χ0) is 13.2. The highest BCUT2D eigenvalue weighted by Gasteiger charge is 2.25. The monoisotopic (exact) mass is 334 g/mol. The predicted molar refractivity (Wildman–Crippen MR) is 72.7 cm³/mol. The molecule has 0 spiro atoms. The Bertz CT molecular complexity index is 525. The molecule has 0 aliphatic carbocycles. The number of nitrogens with two attached hydrogens (primary N) is 1. The fraction of sp³-hybridized carbons (Fsp3) is 0.455. The zero-order valence-corrected chi connectivity index (χ0v) is 12.2. The van der Waals surface area contributed by atoms with E-state index in [2.05, 4.69) is 15.9 Å². The summed E-state index contributed by atoms with van der Waals surface area (Å²) in [4.78, 5) is 0.255. The van der Waals surface area contributed by atoms with Crippen molar-refractivity contribution in [2.24, 2.45) is 0 Å². The molecular formula is C11H15BrN2O3S. The molecule has 0 bridgehead atoms. The fourth-order valence-electron chi connectivity index (χ4n) is 1.78. The maximum absolute atomic E-state index is 12.4. The van der Waals surface area contributed by atoms with Crippen molar-refractivity contribution in [1.29, 1.82) is 0 Å². The largest absolute Gasteiger partial charge is 0.398 e. The normalized spacial score (nSPS) is 18.5. The third-order valence-corrected chi connectivity index (χ3v) is 5.37. The minimum Gasteiger partial charge on any atom is -0.398 e. The van der Waals surface area contributed by atoms with Crippen molar-refractivity contribution < 1.29 is 13.2 Å². The Kier molecular flexibility index (Phi) is 4.26. The third kappa shape index (κ3) is 2.85. The van der Waals surface area contributed by atoms with Gasteiger partial charge in [0.1, 0.15) is 0 Å². The molecule has 1 aliphatic heterocycles. The summed E-state index contributed by atoms with van der Waals surface area (Å²) in [6, 6.07) is 4.66. The Morgan fingerprint density at radius 2 is 2.06 bits per heavy atom. The van der Waals surface area contributed by atoms with Crippen molar-refractivity contribution in [3.8, 4) is 0 Å². The number of hydrogen-bond donors (Lipinski definition) is 1. The summed E-state index contributed by atoms with van der Waals surface area (Å²) in [6.07, 6.45) is 0.718. The summed E-state index contributed by atoms with van der Waals surface area (Å²) < 4.78 is 32.1. The van der Waals surface area contributed by atoms with Crippen LogP contribution in [0.2, 0.25) is 0 Å². The van der Waals surface area contributed by atoms with Crippen LogP contribution in [-0.2, 0) is 14.8 Å². The smallest absolute Gasteiger partial charge is 0.243 e. The molecule has 18 heavy (non-hydrogen) atoms. The van der Waals surface area contributed by atoms with Crippen LogP contribution in [0, 0.1) is 0 Å². The lowest BCUT2D eigenvalue weighted by Gasteiger charge is -2.19. The number of anilines is 1. The Hall–Kier alpha value is -0.630. The highest BCUT2D eigenvalue weighted by molar-refractivity contribution is 9.10. The Morgan fingerprint density at radius 3 is 2.78 bits per heavy atom. The lowest BCUT2D eigenvalue weighted by Crippen LogP contribution is -2.33. The van der Waals surface area contributed by atoms with E-state index in [9.17, 15) is 8.42 Å². The zero-order valence-electron chi connectivity index (χ0n) is 9.80. The third-order valence-electron chi connectivity index (χ3n) is 2.79. The van der Waals surface area contributed by atoms with Gasteiger partial charge in [-0.3, -0.25) is 0 Å². The molecule has 1 fully saturated rings. The summed E-state index contributed by atoms with van der Waals surface area (Å²) in [5, 5.41) is 0. The molecule has 1 aliphatic rings. The van der Waals surface area contributed by atoms with Gasteiger partial charge in [0.25, 0.3) is 0 Å². The first kappa shape index (κ1) is 13.8. The average molecular weight is 335 g/mol. The molecule has 7 heteroatoms. The van der Waals surface area contributed by atoms with Gasteiger partial charge in [-0.1, -0.05) is 0 Å². The molecule has 1 heterocycles. The highest BCUT2D eigenvalue weighted by atomic mass is 79.9. The van der Waals surface area contributed by atoms with E-state index in [-0.39, 0.29) is 4.90 Å². The molecule has 2 N–H and O–H groups in total. The summed E-state index contributed by atoms with van der Waals surface area (Å²) in [7, 11) is -3.46. The average Bonchev–Trinajstić information content (AvgIpc) is 2.61. The van der Waals surface area contributed by atoms with Gasteiger partial charge in [-0.05, 0) is 40.5 Å². The minimum absolute atomic E-state index is 0.255. The van der Waals surface area contributed by atoms with E-state index in [0.29, 0.717) is 36.5 Å². The molecule has 1 aromatic carbocycles. The van der Waals surface area contributed by atoms with Crippen LogP contribution in [0.3, 0.4) is 0 Å². The first-order chi connectivity index (χ1) is 8.51. The summed E-state index contributed by atoms with van der Waals surface area (Å²) in [6.45, 7) is 1.93. The molecule has 0 unspecified atom stereocenters. The molecule has 0 amide bonds. The fourth-order valence-corrected chi connectivity index (χ4v) is 3.80. The van der Waals surface area contributed by atoms with Crippen molar-refractivity contribution >= 4 is 31.6 Å². The number of rotatable bonds is 2. The van der Waals surface area contributed by atoms with E-state index in [1.807, 2.05) is 0 Å². The van der Waals surface area contributed by atoms with Crippen molar-refractivity contribution in [1.82, 2.24) is 4.31 Å². The van der Waals surface area contributed by atoms with Gasteiger partial charge < -0.3 is 10.5 Å². The summed E-state index contributed by atoms with van der Waals surface area (Å²) in [5.74, 6) is 0. The molecule has 5 nitrogen and oxygen atoms in total. The SMILES string of the molecule is Nc1ccc(S(=O)(=O)N2CCCOCC2)cc1Br. The molecule has 0 radical (unpaired) electrons. The molecular weight excluding hydrogens is 320 g/mol. The van der Waals surface area contributed by atoms with Gasteiger partial charge in [-0.2, -0.15) is 4.31 Å². The maximum Gasteiger partial charge on any atom is 0.243 e. The van der Waals surface area contributed by atoms with Crippen LogP contribution in [0.15, 0.2) is 27.6 Å². The number of benzene rings is 1. The molecule has 0 saturated carbocycles. The van der Waals surface area contributed by atoms with Crippen LogP contribution >= 0.6 is 15.9 Å². The lowest BCUT2D eigenvalue weighted by atomic mass is 10.3. The van der Waals surface area contributed by atoms with Gasteiger partial charge in [-0.15, -0.1) is 0 Å². The summed E-state index contributed by atoms with van der Waals surface area (Å²) in [5.41, 5.74) is 6.18. The number of nitrogen functional groups attached to an aromatic ring is 1. The van der Waals surface area contributed by atoms with Crippen molar-refractivity contribution in [2.45, 2.75) is 11.3 Å².